The van der Waals surface area contributed by atoms with Gasteiger partial charge in [0.05, 0.1) is 11.4 Å². The SMILES string of the molecule is CC(C)S(=O)CC(=O)Nc1cc(F)ccc1N. The molecule has 4 nitrogen and oxygen atoms in total. The maximum Gasteiger partial charge on any atom is 0.237 e. The summed E-state index contributed by atoms with van der Waals surface area (Å²) in [5, 5.41) is 2.35. The van der Waals surface area contributed by atoms with E-state index in [4.69, 9.17) is 5.73 Å². The molecule has 94 valence electrons. The molecule has 3 N–H and O–H groups in total. The van der Waals surface area contributed by atoms with Crippen molar-refractivity contribution in [1.29, 1.82) is 0 Å². The van der Waals surface area contributed by atoms with Gasteiger partial charge in [-0.05, 0) is 18.2 Å². The van der Waals surface area contributed by atoms with Gasteiger partial charge < -0.3 is 11.1 Å². The quantitative estimate of drug-likeness (QED) is 0.804. The first-order valence-corrected chi connectivity index (χ1v) is 6.50. The molecule has 0 aliphatic rings. The van der Waals surface area contributed by atoms with Crippen molar-refractivity contribution in [3.05, 3.63) is 24.0 Å². The largest absolute Gasteiger partial charge is 0.397 e. The molecule has 0 aliphatic heterocycles. The van der Waals surface area contributed by atoms with Gasteiger partial charge in [-0.3, -0.25) is 9.00 Å². The number of carbonyl (C=O) groups excluding carboxylic acids is 1. The van der Waals surface area contributed by atoms with E-state index in [1.54, 1.807) is 13.8 Å². The number of nitrogens with two attached hydrogens (primary N) is 1. The number of rotatable bonds is 4. The summed E-state index contributed by atoms with van der Waals surface area (Å²) in [6.07, 6.45) is 0. The maximum absolute atomic E-state index is 12.9. The Morgan fingerprint density at radius 2 is 2.18 bits per heavy atom. The third-order valence-corrected chi connectivity index (χ3v) is 3.69. The lowest BCUT2D eigenvalue weighted by molar-refractivity contribution is -0.113. The lowest BCUT2D eigenvalue weighted by Crippen LogP contribution is -2.23. The standard InChI is InChI=1S/C11H15FN2O2S/c1-7(2)17(16)6-11(15)14-10-5-8(12)3-4-9(10)13/h3-5,7H,6,13H2,1-2H3,(H,14,15). The molecule has 0 saturated heterocycles. The zero-order chi connectivity index (χ0) is 13.0. The summed E-state index contributed by atoms with van der Waals surface area (Å²) in [5.74, 6) is -1.04. The van der Waals surface area contributed by atoms with Crippen LogP contribution < -0.4 is 11.1 Å². The molecule has 0 spiro atoms. The Kier molecular flexibility index (Phi) is 4.62. The average Bonchev–Trinajstić information content (AvgIpc) is 2.23. The Morgan fingerprint density at radius 3 is 2.76 bits per heavy atom. The molecule has 0 aromatic heterocycles. The topological polar surface area (TPSA) is 72.2 Å². The number of nitrogens with one attached hydrogen (secondary N) is 1. The monoisotopic (exact) mass is 258 g/mol. The molecular formula is C11H15FN2O2S. The first-order chi connectivity index (χ1) is 7.90. The van der Waals surface area contributed by atoms with E-state index in [-0.39, 0.29) is 22.4 Å². The Labute approximate surface area is 102 Å². The van der Waals surface area contributed by atoms with E-state index < -0.39 is 22.5 Å². The van der Waals surface area contributed by atoms with Gasteiger partial charge in [0, 0.05) is 16.0 Å². The third-order valence-electron chi connectivity index (χ3n) is 2.09. The van der Waals surface area contributed by atoms with E-state index in [1.165, 1.54) is 12.1 Å². The number of carbonyl (C=O) groups is 1. The highest BCUT2D eigenvalue weighted by molar-refractivity contribution is 7.86. The van der Waals surface area contributed by atoms with Crippen molar-refractivity contribution in [3.63, 3.8) is 0 Å². The van der Waals surface area contributed by atoms with Crippen molar-refractivity contribution in [2.75, 3.05) is 16.8 Å². The van der Waals surface area contributed by atoms with Crippen LogP contribution >= 0.6 is 0 Å². The smallest absolute Gasteiger partial charge is 0.237 e. The van der Waals surface area contributed by atoms with Crippen LogP contribution in [0.5, 0.6) is 0 Å². The molecule has 0 heterocycles. The highest BCUT2D eigenvalue weighted by atomic mass is 32.2. The number of anilines is 2. The summed E-state index contributed by atoms with van der Waals surface area (Å²) in [7, 11) is -1.23. The van der Waals surface area contributed by atoms with Crippen LogP contribution in [-0.2, 0) is 15.6 Å². The number of benzene rings is 1. The third kappa shape index (κ3) is 4.14. The summed E-state index contributed by atoms with van der Waals surface area (Å²) in [5.41, 5.74) is 6.05. The highest BCUT2D eigenvalue weighted by Gasteiger charge is 2.12. The Hall–Kier alpha value is -1.43. The zero-order valence-corrected chi connectivity index (χ0v) is 10.5. The summed E-state index contributed by atoms with van der Waals surface area (Å²) in [6.45, 7) is 3.53. The first-order valence-electron chi connectivity index (χ1n) is 5.12. The van der Waals surface area contributed by atoms with Crippen LogP contribution in [-0.4, -0.2) is 21.1 Å². The lowest BCUT2D eigenvalue weighted by atomic mass is 10.2. The van der Waals surface area contributed by atoms with Gasteiger partial charge in [-0.25, -0.2) is 4.39 Å². The Balaban J connectivity index is 2.68. The normalized spacial score (nSPS) is 12.5. The number of amides is 1. The van der Waals surface area contributed by atoms with E-state index in [0.29, 0.717) is 0 Å². The second kappa shape index (κ2) is 5.77. The van der Waals surface area contributed by atoms with Gasteiger partial charge >= 0.3 is 0 Å². The van der Waals surface area contributed by atoms with E-state index in [9.17, 15) is 13.4 Å². The Morgan fingerprint density at radius 1 is 1.53 bits per heavy atom. The molecule has 0 bridgehead atoms. The lowest BCUT2D eigenvalue weighted by Gasteiger charge is -2.09. The van der Waals surface area contributed by atoms with E-state index in [2.05, 4.69) is 5.32 Å². The molecule has 1 amide bonds. The second-order valence-electron chi connectivity index (χ2n) is 3.85. The van der Waals surface area contributed by atoms with Gasteiger partial charge in [0.25, 0.3) is 0 Å². The van der Waals surface area contributed by atoms with Crippen LogP contribution in [0.25, 0.3) is 0 Å². The predicted octanol–water partition coefficient (Wildman–Crippen LogP) is 1.50. The van der Waals surface area contributed by atoms with Crippen molar-refractivity contribution in [2.24, 2.45) is 0 Å². The van der Waals surface area contributed by atoms with Crippen LogP contribution in [0.15, 0.2) is 18.2 Å². The minimum absolute atomic E-state index is 0.0920. The molecular weight excluding hydrogens is 243 g/mol. The van der Waals surface area contributed by atoms with E-state index >= 15 is 0 Å². The molecule has 1 atom stereocenters. The number of hydrogen-bond acceptors (Lipinski definition) is 3. The molecule has 1 rings (SSSR count). The van der Waals surface area contributed by atoms with Crippen molar-refractivity contribution < 1.29 is 13.4 Å². The number of hydrogen-bond donors (Lipinski definition) is 2. The summed E-state index contributed by atoms with van der Waals surface area (Å²) >= 11 is 0. The molecule has 1 unspecified atom stereocenters. The van der Waals surface area contributed by atoms with Gasteiger partial charge in [-0.1, -0.05) is 13.8 Å². The van der Waals surface area contributed by atoms with Crippen LogP contribution in [0.1, 0.15) is 13.8 Å². The maximum atomic E-state index is 12.9. The predicted molar refractivity (Wildman–Crippen MR) is 67.6 cm³/mol. The van der Waals surface area contributed by atoms with Gasteiger partial charge in [0.15, 0.2) is 0 Å². The molecule has 0 aliphatic carbocycles. The van der Waals surface area contributed by atoms with Crippen molar-refractivity contribution in [3.8, 4) is 0 Å². The van der Waals surface area contributed by atoms with Gasteiger partial charge in [0.2, 0.25) is 5.91 Å². The van der Waals surface area contributed by atoms with Crippen LogP contribution in [0.4, 0.5) is 15.8 Å². The summed E-state index contributed by atoms with van der Waals surface area (Å²) < 4.78 is 24.4. The summed E-state index contributed by atoms with van der Waals surface area (Å²) in [4.78, 5) is 11.5. The zero-order valence-electron chi connectivity index (χ0n) is 9.70. The molecule has 1 aromatic carbocycles. The molecule has 1 aromatic rings. The van der Waals surface area contributed by atoms with Crippen LogP contribution in [0, 0.1) is 5.82 Å². The van der Waals surface area contributed by atoms with E-state index in [0.717, 1.165) is 6.07 Å². The van der Waals surface area contributed by atoms with Gasteiger partial charge in [-0.15, -0.1) is 0 Å². The summed E-state index contributed by atoms with van der Waals surface area (Å²) in [6, 6.07) is 3.70. The minimum atomic E-state index is -1.23. The second-order valence-corrected chi connectivity index (χ2v) is 5.85. The fourth-order valence-corrected chi connectivity index (χ4v) is 1.78. The van der Waals surface area contributed by atoms with Crippen LogP contribution in [0.2, 0.25) is 0 Å². The Bertz CT molecular complexity index is 449. The van der Waals surface area contributed by atoms with Gasteiger partial charge in [-0.2, -0.15) is 0 Å². The first kappa shape index (κ1) is 13.6. The van der Waals surface area contributed by atoms with Gasteiger partial charge in [0.1, 0.15) is 11.6 Å². The molecule has 0 fully saturated rings. The van der Waals surface area contributed by atoms with Crippen molar-refractivity contribution in [2.45, 2.75) is 19.1 Å². The fourth-order valence-electron chi connectivity index (χ4n) is 1.12. The molecule has 0 radical (unpaired) electrons. The minimum Gasteiger partial charge on any atom is -0.397 e. The molecule has 6 heteroatoms. The fraction of sp³-hybridized carbons (Fsp3) is 0.364. The van der Waals surface area contributed by atoms with Crippen molar-refractivity contribution >= 4 is 28.1 Å². The number of halogens is 1. The molecule has 0 saturated carbocycles. The van der Waals surface area contributed by atoms with Crippen LogP contribution in [0.3, 0.4) is 0 Å². The molecule has 17 heavy (non-hydrogen) atoms. The average molecular weight is 258 g/mol. The highest BCUT2D eigenvalue weighted by Crippen LogP contribution is 2.19. The van der Waals surface area contributed by atoms with E-state index in [1.807, 2.05) is 0 Å². The van der Waals surface area contributed by atoms with Crippen molar-refractivity contribution in [1.82, 2.24) is 0 Å². The number of nitrogen functional groups attached to an aromatic ring is 1.